The molecule has 0 saturated carbocycles. The van der Waals surface area contributed by atoms with E-state index in [1.54, 1.807) is 12.3 Å². The molecule has 30 heavy (non-hydrogen) atoms. The van der Waals surface area contributed by atoms with E-state index in [-0.39, 0.29) is 11.8 Å². The number of imide groups is 1. The van der Waals surface area contributed by atoms with Gasteiger partial charge < -0.3 is 0 Å². The van der Waals surface area contributed by atoms with E-state index in [1.807, 2.05) is 50.2 Å². The van der Waals surface area contributed by atoms with Gasteiger partial charge in [0, 0.05) is 17.8 Å². The van der Waals surface area contributed by atoms with Gasteiger partial charge in [0.2, 0.25) is 5.91 Å². The van der Waals surface area contributed by atoms with Gasteiger partial charge in [-0.1, -0.05) is 31.2 Å². The highest BCUT2D eigenvalue weighted by molar-refractivity contribution is 6.29. The van der Waals surface area contributed by atoms with Crippen LogP contribution in [-0.4, -0.2) is 48.6 Å². The Morgan fingerprint density at radius 2 is 1.90 bits per heavy atom. The number of carbonyl (C=O) groups excluding carboxylic acids is 2. The number of hydrogen-bond acceptors (Lipinski definition) is 4. The maximum Gasteiger partial charge on any atom is 0.265 e. The molecule has 4 rings (SSSR count). The number of nitrogens with zero attached hydrogens (tertiary/aromatic N) is 3. The van der Waals surface area contributed by atoms with Gasteiger partial charge in [-0.2, -0.15) is 0 Å². The molecule has 1 unspecified atom stereocenters. The van der Waals surface area contributed by atoms with Crippen molar-refractivity contribution in [2.24, 2.45) is 4.99 Å². The molecule has 156 valence electrons. The lowest BCUT2D eigenvalue weighted by atomic mass is 9.88. The van der Waals surface area contributed by atoms with Gasteiger partial charge in [0.15, 0.2) is 0 Å². The second kappa shape index (κ2) is 8.52. The zero-order valence-electron chi connectivity index (χ0n) is 18.0. The predicted octanol–water partition coefficient (Wildman–Crippen LogP) is 4.13. The maximum atomic E-state index is 13.4. The van der Waals surface area contributed by atoms with Gasteiger partial charge in [-0.25, -0.2) is 4.90 Å². The van der Waals surface area contributed by atoms with E-state index in [4.69, 9.17) is 0 Å². The normalized spacial score (nSPS) is 22.2. The van der Waals surface area contributed by atoms with Gasteiger partial charge in [-0.05, 0) is 74.7 Å². The Hall–Kier alpha value is -2.79. The summed E-state index contributed by atoms with van der Waals surface area (Å²) < 4.78 is 0. The van der Waals surface area contributed by atoms with Crippen molar-refractivity contribution in [2.75, 3.05) is 24.5 Å². The summed E-state index contributed by atoms with van der Waals surface area (Å²) in [6.07, 6.45) is 4.11. The molecule has 0 radical (unpaired) electrons. The van der Waals surface area contributed by atoms with Crippen LogP contribution >= 0.6 is 0 Å². The second-order valence-electron chi connectivity index (χ2n) is 8.25. The van der Waals surface area contributed by atoms with Gasteiger partial charge in [0.05, 0.1) is 18.2 Å². The molecule has 2 aromatic rings. The highest BCUT2D eigenvalue weighted by atomic mass is 16.2. The molecule has 5 heteroatoms. The first-order valence-corrected chi connectivity index (χ1v) is 10.8. The number of carbonyl (C=O) groups is 2. The molecule has 0 aromatic heterocycles. The van der Waals surface area contributed by atoms with Gasteiger partial charge in [0.25, 0.3) is 5.91 Å². The van der Waals surface area contributed by atoms with Crippen molar-refractivity contribution in [3.63, 3.8) is 0 Å². The van der Waals surface area contributed by atoms with Crippen LogP contribution in [-0.2, 0) is 4.79 Å². The third kappa shape index (κ3) is 3.70. The summed E-state index contributed by atoms with van der Waals surface area (Å²) in [5.74, 6) is -1.04. The van der Waals surface area contributed by atoms with Crippen molar-refractivity contribution in [3.8, 4) is 0 Å². The third-order valence-electron chi connectivity index (χ3n) is 6.44. The minimum atomic E-state index is -0.544. The average Bonchev–Trinajstić information content (AvgIpc) is 3.20. The maximum absolute atomic E-state index is 13.4. The van der Waals surface area contributed by atoms with Gasteiger partial charge in [0.1, 0.15) is 0 Å². The molecule has 0 bridgehead atoms. The number of aliphatic imine (C=N–C) groups is 1. The van der Waals surface area contributed by atoms with E-state index in [0.717, 1.165) is 36.2 Å². The van der Waals surface area contributed by atoms with E-state index >= 15 is 0 Å². The summed E-state index contributed by atoms with van der Waals surface area (Å²) in [5.41, 5.74) is 4.12. The highest BCUT2D eigenvalue weighted by Gasteiger charge is 2.38. The zero-order valence-corrected chi connectivity index (χ0v) is 18.0. The van der Waals surface area contributed by atoms with Crippen molar-refractivity contribution in [1.82, 2.24) is 4.90 Å². The first-order valence-electron chi connectivity index (χ1n) is 10.8. The second-order valence-corrected chi connectivity index (χ2v) is 8.25. The standard InChI is InChI=1S/C25H29N3O2/c1-4-27-13-7-8-20(27)15-26-16-23-21-9-5-6-10-22(21)24(29)28(25(23)30)19-12-11-17(2)18(3)14-19/h5-6,9-12,14,16,20,23H,4,7-8,13,15H2,1-3H3/t20-,23?/m1/s1. The number of amides is 2. The van der Waals surface area contributed by atoms with E-state index < -0.39 is 5.92 Å². The van der Waals surface area contributed by atoms with E-state index in [2.05, 4.69) is 16.8 Å². The van der Waals surface area contributed by atoms with Crippen LogP contribution in [0.15, 0.2) is 47.5 Å². The molecular formula is C25H29N3O2. The fourth-order valence-corrected chi connectivity index (χ4v) is 4.52. The number of anilines is 1. The smallest absolute Gasteiger partial charge is 0.265 e. The fourth-order valence-electron chi connectivity index (χ4n) is 4.52. The Morgan fingerprint density at radius 1 is 1.10 bits per heavy atom. The van der Waals surface area contributed by atoms with Crippen molar-refractivity contribution in [1.29, 1.82) is 0 Å². The van der Waals surface area contributed by atoms with Crippen LogP contribution in [0.25, 0.3) is 0 Å². The van der Waals surface area contributed by atoms with Crippen LogP contribution in [0, 0.1) is 13.8 Å². The molecule has 1 saturated heterocycles. The molecule has 0 spiro atoms. The number of rotatable bonds is 5. The Balaban J connectivity index is 1.66. The largest absolute Gasteiger partial charge is 0.299 e. The summed E-state index contributed by atoms with van der Waals surface area (Å²) in [4.78, 5) is 35.1. The third-order valence-corrected chi connectivity index (χ3v) is 6.44. The van der Waals surface area contributed by atoms with Crippen LogP contribution < -0.4 is 4.90 Å². The average molecular weight is 404 g/mol. The van der Waals surface area contributed by atoms with Crippen molar-refractivity contribution >= 4 is 23.7 Å². The first kappa shape index (κ1) is 20.5. The van der Waals surface area contributed by atoms with Gasteiger partial charge in [-0.3, -0.25) is 19.5 Å². The molecule has 2 heterocycles. The molecule has 2 aliphatic rings. The van der Waals surface area contributed by atoms with Crippen LogP contribution in [0.1, 0.15) is 52.7 Å². The number of fused-ring (bicyclic) bond motifs is 1. The summed E-state index contributed by atoms with van der Waals surface area (Å²) in [6.45, 7) is 9.03. The molecule has 2 amide bonds. The lowest BCUT2D eigenvalue weighted by Crippen LogP contribution is -2.45. The lowest BCUT2D eigenvalue weighted by molar-refractivity contribution is -0.118. The molecular weight excluding hydrogens is 374 g/mol. The number of hydrogen-bond donors (Lipinski definition) is 0. The minimum Gasteiger partial charge on any atom is -0.299 e. The monoisotopic (exact) mass is 403 g/mol. The molecule has 0 aliphatic carbocycles. The van der Waals surface area contributed by atoms with Crippen molar-refractivity contribution < 1.29 is 9.59 Å². The predicted molar refractivity (Wildman–Crippen MR) is 121 cm³/mol. The summed E-state index contributed by atoms with van der Waals surface area (Å²) >= 11 is 0. The molecule has 1 fully saturated rings. The van der Waals surface area contributed by atoms with Crippen molar-refractivity contribution in [3.05, 3.63) is 64.7 Å². The van der Waals surface area contributed by atoms with Crippen molar-refractivity contribution in [2.45, 2.75) is 45.6 Å². The van der Waals surface area contributed by atoms with Gasteiger partial charge in [-0.15, -0.1) is 0 Å². The fraction of sp³-hybridized carbons (Fsp3) is 0.400. The summed E-state index contributed by atoms with van der Waals surface area (Å²) in [5, 5.41) is 0. The Labute approximate surface area is 178 Å². The first-order chi connectivity index (χ1) is 14.5. The molecule has 0 N–H and O–H groups in total. The van der Waals surface area contributed by atoms with Gasteiger partial charge >= 0.3 is 0 Å². The number of likely N-dealkylation sites (tertiary alicyclic amines) is 1. The summed E-state index contributed by atoms with van der Waals surface area (Å²) in [7, 11) is 0. The van der Waals surface area contributed by atoms with Crippen LogP contribution in [0.5, 0.6) is 0 Å². The lowest BCUT2D eigenvalue weighted by Gasteiger charge is -2.31. The van der Waals surface area contributed by atoms with E-state index in [0.29, 0.717) is 23.8 Å². The number of aryl methyl sites for hydroxylation is 2. The molecule has 2 aromatic carbocycles. The zero-order chi connectivity index (χ0) is 21.3. The quantitative estimate of drug-likeness (QED) is 0.557. The summed E-state index contributed by atoms with van der Waals surface area (Å²) in [6, 6.07) is 13.5. The number of likely N-dealkylation sites (N-methyl/N-ethyl adjacent to an activating group) is 1. The Bertz CT molecular complexity index is 998. The highest BCUT2D eigenvalue weighted by Crippen LogP contribution is 2.32. The molecule has 2 aliphatic heterocycles. The topological polar surface area (TPSA) is 53.0 Å². The SMILES string of the molecule is CCN1CCC[C@@H]1CN=CC1C(=O)N(c2ccc(C)c(C)c2)C(=O)c2ccccc21. The van der Waals surface area contributed by atoms with E-state index in [9.17, 15) is 9.59 Å². The minimum absolute atomic E-state index is 0.232. The van der Waals surface area contributed by atoms with Crippen LogP contribution in [0.3, 0.4) is 0 Å². The number of benzene rings is 2. The molecule has 2 atom stereocenters. The van der Waals surface area contributed by atoms with Crippen LogP contribution in [0.4, 0.5) is 5.69 Å². The Kier molecular flexibility index (Phi) is 5.82. The Morgan fingerprint density at radius 3 is 2.67 bits per heavy atom. The van der Waals surface area contributed by atoms with Crippen LogP contribution in [0.2, 0.25) is 0 Å². The van der Waals surface area contributed by atoms with E-state index in [1.165, 1.54) is 11.3 Å². The molecule has 5 nitrogen and oxygen atoms in total.